The Kier molecular flexibility index (Phi) is 8.26. The van der Waals surface area contributed by atoms with E-state index in [0.29, 0.717) is 0 Å². The normalized spacial score (nSPS) is 28.6. The van der Waals surface area contributed by atoms with Crippen molar-refractivity contribution in [2.24, 2.45) is 0 Å². The molecule has 0 aromatic rings. The van der Waals surface area contributed by atoms with Crippen molar-refractivity contribution in [2.75, 3.05) is 6.61 Å². The first-order valence-electron chi connectivity index (χ1n) is 7.23. The third-order valence-electron chi connectivity index (χ3n) is 3.04. The first kappa shape index (κ1) is 21.3. The summed E-state index contributed by atoms with van der Waals surface area (Å²) in [7, 11) is 0. The molecule has 1 aliphatic heterocycles. The maximum absolute atomic E-state index is 11.5. The van der Waals surface area contributed by atoms with E-state index < -0.39 is 54.6 Å². The Balaban J connectivity index is 3.18. The number of carbonyl (C=O) groups excluding carboxylic acids is 4. The van der Waals surface area contributed by atoms with Gasteiger partial charge in [-0.15, -0.1) is 0 Å². The number of esters is 4. The third-order valence-corrected chi connectivity index (χ3v) is 3.40. The van der Waals surface area contributed by atoms with E-state index in [2.05, 4.69) is 16.3 Å². The molecule has 0 spiro atoms. The first-order chi connectivity index (χ1) is 11.6. The summed E-state index contributed by atoms with van der Waals surface area (Å²) in [5, 5.41) is 0. The van der Waals surface area contributed by atoms with E-state index in [1.165, 1.54) is 6.92 Å². The maximum Gasteiger partial charge on any atom is 0.303 e. The van der Waals surface area contributed by atoms with Crippen LogP contribution >= 0.6 is 16.3 Å². The Morgan fingerprint density at radius 1 is 0.800 bits per heavy atom. The second-order valence-corrected chi connectivity index (χ2v) is 5.53. The largest absolute Gasteiger partial charge is 0.463 e. The molecular weight excluding hydrogens is 408 g/mol. The van der Waals surface area contributed by atoms with Gasteiger partial charge >= 0.3 is 23.9 Å². The van der Waals surface area contributed by atoms with E-state index in [4.69, 9.17) is 27.5 Å². The van der Waals surface area contributed by atoms with Crippen molar-refractivity contribution in [2.45, 2.75) is 58.4 Å². The second-order valence-electron chi connectivity index (χ2n) is 5.16. The predicted octanol–water partition coefficient (Wildman–Crippen LogP) is 0.396. The molecule has 1 heterocycles. The van der Waals surface area contributed by atoms with Gasteiger partial charge in [-0.3, -0.25) is 23.0 Å². The van der Waals surface area contributed by atoms with E-state index in [9.17, 15) is 19.2 Å². The zero-order chi connectivity index (χ0) is 19.1. The van der Waals surface area contributed by atoms with Gasteiger partial charge in [0.25, 0.3) is 0 Å². The van der Waals surface area contributed by atoms with Gasteiger partial charge in [0.05, 0.1) is 0 Å². The zero-order valence-corrected chi connectivity index (χ0v) is 15.6. The quantitative estimate of drug-likeness (QED) is 0.435. The van der Waals surface area contributed by atoms with Crippen LogP contribution in [-0.4, -0.2) is 61.2 Å². The lowest BCUT2D eigenvalue weighted by Gasteiger charge is -2.43. The van der Waals surface area contributed by atoms with Crippen LogP contribution in [0.2, 0.25) is 0 Å². The summed E-state index contributed by atoms with van der Waals surface area (Å²) in [6.07, 6.45) is -5.88. The summed E-state index contributed by atoms with van der Waals surface area (Å²) in [5.41, 5.74) is 0. The topological polar surface area (TPSA) is 124 Å². The minimum absolute atomic E-state index is 0.301. The average Bonchev–Trinajstić information content (AvgIpc) is 2.48. The molecule has 5 atom stereocenters. The van der Waals surface area contributed by atoms with Crippen LogP contribution in [0.1, 0.15) is 27.7 Å². The highest BCUT2D eigenvalue weighted by atomic mass is 79.9. The summed E-state index contributed by atoms with van der Waals surface area (Å²) in [6.45, 7) is 4.30. The fraction of sp³-hybridized carbons (Fsp3) is 0.714. The Morgan fingerprint density at radius 2 is 1.28 bits per heavy atom. The van der Waals surface area contributed by atoms with Crippen molar-refractivity contribution < 1.29 is 46.7 Å². The third kappa shape index (κ3) is 6.59. The molecule has 1 fully saturated rings. The molecule has 0 N–H and O–H groups in total. The molecule has 0 aromatic heterocycles. The number of hydrogen-bond donors (Lipinski definition) is 0. The van der Waals surface area contributed by atoms with Gasteiger partial charge in [0.1, 0.15) is 29.0 Å². The summed E-state index contributed by atoms with van der Waals surface area (Å²) < 4.78 is 30.8. The highest BCUT2D eigenvalue weighted by Crippen LogP contribution is 2.30. The molecule has 25 heavy (non-hydrogen) atoms. The average molecular weight is 427 g/mol. The predicted molar refractivity (Wildman–Crippen MR) is 82.0 cm³/mol. The Labute approximate surface area is 152 Å². The molecule has 142 valence electrons. The monoisotopic (exact) mass is 426 g/mol. The van der Waals surface area contributed by atoms with Crippen LogP contribution in [0.25, 0.3) is 0 Å². The van der Waals surface area contributed by atoms with E-state index >= 15 is 0 Å². The summed E-state index contributed by atoms with van der Waals surface area (Å²) in [5.74, 6) is -2.69. The Morgan fingerprint density at radius 3 is 1.72 bits per heavy atom. The molecule has 10 nitrogen and oxygen atoms in total. The molecule has 0 saturated carbocycles. The van der Waals surface area contributed by atoms with Gasteiger partial charge in [0.15, 0.2) is 18.3 Å². The highest BCUT2D eigenvalue weighted by molar-refractivity contribution is 9.06. The van der Waals surface area contributed by atoms with Crippen LogP contribution in [0, 0.1) is 0 Å². The van der Waals surface area contributed by atoms with Gasteiger partial charge in [0.2, 0.25) is 6.29 Å². The van der Waals surface area contributed by atoms with Crippen LogP contribution < -0.4 is 0 Å². The summed E-state index contributed by atoms with van der Waals surface area (Å²) >= 11 is 2.74. The molecule has 1 aliphatic rings. The molecule has 1 unspecified atom stereocenters. The Hall–Kier alpha value is -1.72. The van der Waals surface area contributed by atoms with E-state index in [1.807, 2.05) is 0 Å². The van der Waals surface area contributed by atoms with Crippen LogP contribution in [0.3, 0.4) is 0 Å². The minimum Gasteiger partial charge on any atom is -0.463 e. The fourth-order valence-corrected chi connectivity index (χ4v) is 2.56. The van der Waals surface area contributed by atoms with E-state index in [1.54, 1.807) is 0 Å². The minimum atomic E-state index is -1.23. The van der Waals surface area contributed by atoms with Crippen LogP contribution in [0.15, 0.2) is 0 Å². The summed E-state index contributed by atoms with van der Waals surface area (Å²) in [4.78, 5) is 45.3. The van der Waals surface area contributed by atoms with E-state index in [0.717, 1.165) is 20.8 Å². The van der Waals surface area contributed by atoms with Gasteiger partial charge in [-0.05, 0) is 0 Å². The van der Waals surface area contributed by atoms with Crippen molar-refractivity contribution >= 4 is 40.1 Å². The molecule has 0 aliphatic carbocycles. The number of carbonyl (C=O) groups is 4. The molecule has 0 radical (unpaired) electrons. The Bertz CT molecular complexity index is 522. The fourth-order valence-electron chi connectivity index (χ4n) is 2.26. The molecule has 11 heteroatoms. The van der Waals surface area contributed by atoms with Gasteiger partial charge in [-0.25, -0.2) is 0 Å². The smallest absolute Gasteiger partial charge is 0.303 e. The summed E-state index contributed by atoms with van der Waals surface area (Å²) in [6, 6.07) is 0. The molecular formula is C14H19BrO10. The lowest BCUT2D eigenvalue weighted by atomic mass is 9.98. The van der Waals surface area contributed by atoms with Crippen molar-refractivity contribution in [3.8, 4) is 0 Å². The SMILES string of the molecule is CC(=O)OC[C@H]1OC(OBr)[C@H](OC(C)=O)[C@@H](OC(C)=O)[C@H]1OC(C)=O. The molecule has 1 rings (SSSR count). The lowest BCUT2D eigenvalue weighted by Crippen LogP contribution is -2.62. The standard InChI is InChI=1S/C14H19BrO10/c1-6(16)20-5-10-11(21-7(2)17)12(22-8(3)18)13(23-9(4)19)14(24-10)25-15/h10-14H,5H2,1-4H3/t10-,11+,12+,13-,14?/m1/s1. The molecule has 0 bridgehead atoms. The number of hydrogen-bond acceptors (Lipinski definition) is 10. The molecule has 1 saturated heterocycles. The second kappa shape index (κ2) is 9.68. The van der Waals surface area contributed by atoms with Gasteiger partial charge in [0, 0.05) is 27.7 Å². The van der Waals surface area contributed by atoms with Crippen LogP contribution in [-0.2, 0) is 46.7 Å². The van der Waals surface area contributed by atoms with Crippen LogP contribution in [0.5, 0.6) is 0 Å². The van der Waals surface area contributed by atoms with Crippen molar-refractivity contribution in [1.82, 2.24) is 0 Å². The molecule has 0 amide bonds. The van der Waals surface area contributed by atoms with Crippen LogP contribution in [0.4, 0.5) is 0 Å². The van der Waals surface area contributed by atoms with Gasteiger partial charge in [-0.1, -0.05) is 0 Å². The highest BCUT2D eigenvalue weighted by Gasteiger charge is 2.52. The van der Waals surface area contributed by atoms with E-state index in [-0.39, 0.29) is 6.61 Å². The number of ether oxygens (including phenoxy) is 5. The number of rotatable bonds is 6. The number of halogens is 1. The van der Waals surface area contributed by atoms with Crippen molar-refractivity contribution in [3.05, 3.63) is 0 Å². The van der Waals surface area contributed by atoms with Crippen molar-refractivity contribution in [1.29, 1.82) is 0 Å². The molecule has 0 aromatic carbocycles. The lowest BCUT2D eigenvalue weighted by molar-refractivity contribution is -0.284. The van der Waals surface area contributed by atoms with Crippen molar-refractivity contribution in [3.63, 3.8) is 0 Å². The van der Waals surface area contributed by atoms with Gasteiger partial charge in [-0.2, -0.15) is 0 Å². The zero-order valence-electron chi connectivity index (χ0n) is 14.1. The van der Waals surface area contributed by atoms with Gasteiger partial charge < -0.3 is 23.7 Å². The maximum atomic E-state index is 11.5. The first-order valence-corrected chi connectivity index (χ1v) is 7.88.